The van der Waals surface area contributed by atoms with E-state index in [1.807, 2.05) is 12.1 Å². The number of primary amides is 1. The van der Waals surface area contributed by atoms with E-state index in [4.69, 9.17) is 10.2 Å². The van der Waals surface area contributed by atoms with Crippen LogP contribution < -0.4 is 9.66 Å². The van der Waals surface area contributed by atoms with Crippen molar-refractivity contribution >= 4 is 50.8 Å². The van der Waals surface area contributed by atoms with Crippen LogP contribution in [-0.2, 0) is 6.42 Å². The fraction of sp³-hybridized carbons (Fsp3) is 0.105. The Hall–Kier alpha value is -2.93. The predicted molar refractivity (Wildman–Crippen MR) is 103 cm³/mol. The van der Waals surface area contributed by atoms with Crippen LogP contribution in [0.1, 0.15) is 32.0 Å². The smallest absolute Gasteiger partial charge is 0.286 e. The van der Waals surface area contributed by atoms with Crippen LogP contribution >= 0.6 is 16.1 Å². The van der Waals surface area contributed by atoms with Gasteiger partial charge < -0.3 is 10.2 Å². The van der Waals surface area contributed by atoms with Gasteiger partial charge in [0.2, 0.25) is 5.76 Å². The second kappa shape index (κ2) is 6.42. The van der Waals surface area contributed by atoms with Gasteiger partial charge in [0, 0.05) is 23.7 Å². The number of anilines is 1. The van der Waals surface area contributed by atoms with Gasteiger partial charge in [-0.15, -0.1) is 0 Å². The van der Waals surface area contributed by atoms with Crippen molar-refractivity contribution in [3.05, 3.63) is 64.9 Å². The van der Waals surface area contributed by atoms with Crippen LogP contribution in [0.3, 0.4) is 0 Å². The van der Waals surface area contributed by atoms with Gasteiger partial charge in [-0.3, -0.25) is 14.6 Å². The number of nitrogens with zero attached hydrogens (tertiary/aromatic N) is 2. The van der Waals surface area contributed by atoms with E-state index >= 15 is 0 Å². The number of carbonyl (C=O) groups is 2. The van der Waals surface area contributed by atoms with Gasteiger partial charge in [-0.1, -0.05) is 24.3 Å². The summed E-state index contributed by atoms with van der Waals surface area (Å²) in [6.45, 7) is 0.640. The van der Waals surface area contributed by atoms with E-state index in [1.54, 1.807) is 36.5 Å². The fourth-order valence-corrected chi connectivity index (χ4v) is 3.69. The van der Waals surface area contributed by atoms with E-state index in [0.717, 1.165) is 11.1 Å². The molecule has 7 heteroatoms. The number of para-hydroxylation sites is 1. The number of halogens is 1. The van der Waals surface area contributed by atoms with Crippen molar-refractivity contribution in [1.82, 2.24) is 0 Å². The summed E-state index contributed by atoms with van der Waals surface area (Å²) >= 11 is 3.32. The first kappa shape index (κ1) is 16.5. The molecular formula is C19H14BrN3O3. The molecule has 2 N–H and O–H groups in total. The average molecular weight is 412 g/mol. The van der Waals surface area contributed by atoms with E-state index in [9.17, 15) is 9.59 Å². The van der Waals surface area contributed by atoms with Gasteiger partial charge in [-0.25, -0.2) is 3.93 Å². The highest BCUT2D eigenvalue weighted by Crippen LogP contribution is 2.36. The van der Waals surface area contributed by atoms with E-state index in [0.29, 0.717) is 35.2 Å². The lowest BCUT2D eigenvalue weighted by Gasteiger charge is -2.19. The molecule has 1 aromatic heterocycles. The Bertz CT molecular complexity index is 1070. The quantitative estimate of drug-likeness (QED) is 0.669. The SMILES string of the molecule is NC(=O)c1oc2ccccc2c1N(Br)C(=O)c1cccc2c1CCN=C2. The van der Waals surface area contributed by atoms with Gasteiger partial charge in [0.1, 0.15) is 11.3 Å². The molecule has 0 radical (unpaired) electrons. The summed E-state index contributed by atoms with van der Waals surface area (Å²) in [5.74, 6) is -1.11. The number of fused-ring (bicyclic) bond motifs is 2. The number of hydrogen-bond acceptors (Lipinski definition) is 4. The van der Waals surface area contributed by atoms with Gasteiger partial charge in [0.15, 0.2) is 0 Å². The molecule has 0 bridgehead atoms. The van der Waals surface area contributed by atoms with Gasteiger partial charge in [0.05, 0.1) is 16.1 Å². The molecule has 3 aromatic rings. The summed E-state index contributed by atoms with van der Waals surface area (Å²) in [5.41, 5.74) is 8.65. The van der Waals surface area contributed by atoms with Crippen LogP contribution in [0.25, 0.3) is 11.0 Å². The summed E-state index contributed by atoms with van der Waals surface area (Å²) < 4.78 is 6.81. The Morgan fingerprint density at radius 1 is 1.15 bits per heavy atom. The average Bonchev–Trinajstić information content (AvgIpc) is 3.06. The molecule has 2 amide bonds. The van der Waals surface area contributed by atoms with Crippen LogP contribution in [0.4, 0.5) is 5.69 Å². The molecule has 2 aromatic carbocycles. The monoisotopic (exact) mass is 411 g/mol. The van der Waals surface area contributed by atoms with E-state index in [-0.39, 0.29) is 11.7 Å². The predicted octanol–water partition coefficient (Wildman–Crippen LogP) is 3.46. The van der Waals surface area contributed by atoms with Crippen molar-refractivity contribution in [2.75, 3.05) is 10.5 Å². The molecule has 6 nitrogen and oxygen atoms in total. The number of nitrogens with two attached hydrogens (primary N) is 1. The third kappa shape index (κ3) is 2.61. The topological polar surface area (TPSA) is 88.9 Å². The van der Waals surface area contributed by atoms with Gasteiger partial charge in [-0.05, 0) is 35.7 Å². The molecule has 0 saturated carbocycles. The Morgan fingerprint density at radius 2 is 1.96 bits per heavy atom. The highest BCUT2D eigenvalue weighted by Gasteiger charge is 2.28. The lowest BCUT2D eigenvalue weighted by molar-refractivity contribution is 0.0977. The van der Waals surface area contributed by atoms with Crippen LogP contribution in [0, 0.1) is 0 Å². The maximum absolute atomic E-state index is 13.2. The molecule has 130 valence electrons. The summed E-state index contributed by atoms with van der Waals surface area (Å²) in [6.07, 6.45) is 2.46. The fourth-order valence-electron chi connectivity index (χ4n) is 3.15. The lowest BCUT2D eigenvalue weighted by Crippen LogP contribution is -2.25. The molecule has 0 aliphatic carbocycles. The minimum Gasteiger partial charge on any atom is -0.449 e. The second-order valence-corrected chi connectivity index (χ2v) is 6.59. The molecule has 26 heavy (non-hydrogen) atoms. The molecule has 1 aliphatic heterocycles. The van der Waals surface area contributed by atoms with Crippen molar-refractivity contribution in [2.45, 2.75) is 6.42 Å². The Morgan fingerprint density at radius 3 is 2.77 bits per heavy atom. The first-order valence-corrected chi connectivity index (χ1v) is 8.72. The third-order valence-electron chi connectivity index (χ3n) is 4.33. The zero-order valence-corrected chi connectivity index (χ0v) is 15.2. The van der Waals surface area contributed by atoms with E-state index in [1.165, 1.54) is 3.93 Å². The number of benzene rings is 2. The van der Waals surface area contributed by atoms with Crippen molar-refractivity contribution in [3.63, 3.8) is 0 Å². The van der Waals surface area contributed by atoms with Crippen LogP contribution in [-0.4, -0.2) is 24.6 Å². The molecule has 0 atom stereocenters. The van der Waals surface area contributed by atoms with Gasteiger partial charge in [0.25, 0.3) is 11.8 Å². The first-order valence-electron chi connectivity index (χ1n) is 8.01. The Labute approximate surface area is 157 Å². The zero-order chi connectivity index (χ0) is 18.3. The maximum atomic E-state index is 13.2. The van der Waals surface area contributed by atoms with E-state index in [2.05, 4.69) is 21.1 Å². The van der Waals surface area contributed by atoms with Crippen LogP contribution in [0.2, 0.25) is 0 Å². The Balaban J connectivity index is 1.84. The number of rotatable bonds is 3. The van der Waals surface area contributed by atoms with Crippen molar-refractivity contribution < 1.29 is 14.0 Å². The van der Waals surface area contributed by atoms with Gasteiger partial charge >= 0.3 is 0 Å². The van der Waals surface area contributed by atoms with Gasteiger partial charge in [-0.2, -0.15) is 0 Å². The van der Waals surface area contributed by atoms with Crippen molar-refractivity contribution in [1.29, 1.82) is 0 Å². The van der Waals surface area contributed by atoms with Crippen molar-refractivity contribution in [2.24, 2.45) is 10.7 Å². The van der Waals surface area contributed by atoms with Crippen LogP contribution in [0.15, 0.2) is 51.9 Å². The minimum atomic E-state index is -0.740. The number of amides is 2. The lowest BCUT2D eigenvalue weighted by atomic mass is 9.96. The molecule has 2 heterocycles. The second-order valence-electron chi connectivity index (χ2n) is 5.88. The third-order valence-corrected chi connectivity index (χ3v) is 5.01. The molecule has 1 aliphatic rings. The molecule has 0 spiro atoms. The largest absolute Gasteiger partial charge is 0.449 e. The summed E-state index contributed by atoms with van der Waals surface area (Å²) in [6, 6.07) is 12.6. The summed E-state index contributed by atoms with van der Waals surface area (Å²) in [4.78, 5) is 29.3. The molecule has 4 rings (SSSR count). The summed E-state index contributed by atoms with van der Waals surface area (Å²) in [7, 11) is 0. The zero-order valence-electron chi connectivity index (χ0n) is 13.6. The van der Waals surface area contributed by atoms with E-state index < -0.39 is 5.91 Å². The first-order chi connectivity index (χ1) is 12.6. The maximum Gasteiger partial charge on any atom is 0.286 e. The normalized spacial score (nSPS) is 12.8. The molecular weight excluding hydrogens is 398 g/mol. The van der Waals surface area contributed by atoms with Crippen molar-refractivity contribution in [3.8, 4) is 0 Å². The standard InChI is InChI=1S/C19H14BrN3O3/c20-23(16-14-5-1-2-7-15(14)26-17(16)18(21)24)19(25)13-6-3-4-11-10-22-9-8-12(11)13/h1-7,10H,8-9H2,(H2,21,24). The Kier molecular flexibility index (Phi) is 4.08. The highest BCUT2D eigenvalue weighted by atomic mass is 79.9. The molecule has 0 fully saturated rings. The van der Waals surface area contributed by atoms with Crippen LogP contribution in [0.5, 0.6) is 0 Å². The summed E-state index contributed by atoms with van der Waals surface area (Å²) in [5, 5.41) is 0.623. The molecule has 0 unspecified atom stereocenters. The number of furan rings is 1. The number of hydrogen-bond donors (Lipinski definition) is 1. The number of carbonyl (C=O) groups excluding carboxylic acids is 2. The highest BCUT2D eigenvalue weighted by molar-refractivity contribution is 9.10. The minimum absolute atomic E-state index is 0.0669. The molecule has 0 saturated heterocycles. The number of aliphatic imine (C=N–C) groups is 1.